The summed E-state index contributed by atoms with van der Waals surface area (Å²) in [5.41, 5.74) is 0. The van der Waals surface area contributed by atoms with E-state index in [1.165, 1.54) is 19.3 Å². The van der Waals surface area contributed by atoms with Crippen molar-refractivity contribution in [2.75, 3.05) is 11.9 Å². The van der Waals surface area contributed by atoms with Crippen molar-refractivity contribution in [1.29, 1.82) is 0 Å². The van der Waals surface area contributed by atoms with Gasteiger partial charge in [-0.2, -0.15) is 0 Å². The summed E-state index contributed by atoms with van der Waals surface area (Å²) in [5.74, 6) is 0.809. The molecule has 0 heterocycles. The second kappa shape index (κ2) is 3.99. The lowest BCUT2D eigenvalue weighted by atomic mass is 9.91. The van der Waals surface area contributed by atoms with Crippen LogP contribution in [0.4, 0.5) is 0 Å². The molecule has 1 amide bonds. The number of halogens is 1. The molecule has 74 valence electrons. The molecular weight excluding hydrogens is 230 g/mol. The molecule has 0 saturated heterocycles. The van der Waals surface area contributed by atoms with Crippen LogP contribution in [-0.4, -0.2) is 28.7 Å². The highest BCUT2D eigenvalue weighted by molar-refractivity contribution is 9.09. The van der Waals surface area contributed by atoms with Crippen LogP contribution in [0.25, 0.3) is 0 Å². The van der Waals surface area contributed by atoms with Crippen LogP contribution in [0.5, 0.6) is 0 Å². The SMILES string of the molecule is O=C(C1CC1)N(CCBr)C1CCC1. The van der Waals surface area contributed by atoms with E-state index in [1.54, 1.807) is 0 Å². The number of hydrogen-bond donors (Lipinski definition) is 0. The lowest BCUT2D eigenvalue weighted by Crippen LogP contribution is -2.45. The van der Waals surface area contributed by atoms with Crippen LogP contribution in [0.2, 0.25) is 0 Å². The molecule has 0 bridgehead atoms. The molecule has 2 rings (SSSR count). The van der Waals surface area contributed by atoms with Gasteiger partial charge in [0, 0.05) is 23.8 Å². The standard InChI is InChI=1S/C10H16BrNO/c11-6-7-12(9-2-1-3-9)10(13)8-4-5-8/h8-9H,1-7H2. The molecule has 0 aliphatic heterocycles. The lowest BCUT2D eigenvalue weighted by molar-refractivity contribution is -0.136. The maximum absolute atomic E-state index is 11.8. The van der Waals surface area contributed by atoms with Gasteiger partial charge in [-0.3, -0.25) is 4.79 Å². The van der Waals surface area contributed by atoms with Gasteiger partial charge in [0.05, 0.1) is 0 Å². The fourth-order valence-electron chi connectivity index (χ4n) is 1.83. The van der Waals surface area contributed by atoms with Gasteiger partial charge >= 0.3 is 0 Å². The Morgan fingerprint density at radius 2 is 2.00 bits per heavy atom. The van der Waals surface area contributed by atoms with Crippen molar-refractivity contribution >= 4 is 21.8 Å². The molecule has 2 aliphatic rings. The summed E-state index contributed by atoms with van der Waals surface area (Å²) < 4.78 is 0. The number of amides is 1. The zero-order valence-corrected chi connectivity index (χ0v) is 9.42. The van der Waals surface area contributed by atoms with Crippen LogP contribution in [0.15, 0.2) is 0 Å². The van der Waals surface area contributed by atoms with Crippen molar-refractivity contribution in [2.24, 2.45) is 5.92 Å². The first kappa shape index (κ1) is 9.50. The Kier molecular flexibility index (Phi) is 2.92. The Labute approximate surface area is 87.8 Å². The van der Waals surface area contributed by atoms with Crippen LogP contribution >= 0.6 is 15.9 Å². The Balaban J connectivity index is 1.90. The molecule has 0 N–H and O–H groups in total. The number of rotatable bonds is 4. The van der Waals surface area contributed by atoms with Crippen molar-refractivity contribution in [3.63, 3.8) is 0 Å². The molecule has 2 aliphatic carbocycles. The molecule has 0 aromatic rings. The zero-order valence-electron chi connectivity index (χ0n) is 7.84. The van der Waals surface area contributed by atoms with Crippen molar-refractivity contribution in [3.8, 4) is 0 Å². The third-order valence-corrected chi connectivity index (χ3v) is 3.41. The normalized spacial score (nSPS) is 22.5. The predicted molar refractivity (Wildman–Crippen MR) is 55.9 cm³/mol. The maximum atomic E-state index is 11.8. The van der Waals surface area contributed by atoms with E-state index in [2.05, 4.69) is 20.8 Å². The van der Waals surface area contributed by atoms with E-state index in [9.17, 15) is 4.79 Å². The summed E-state index contributed by atoms with van der Waals surface area (Å²) >= 11 is 3.42. The number of carbonyl (C=O) groups is 1. The highest BCUT2D eigenvalue weighted by Gasteiger charge is 2.37. The summed E-state index contributed by atoms with van der Waals surface area (Å²) in [7, 11) is 0. The number of alkyl halides is 1. The second-order valence-corrected chi connectivity index (χ2v) is 4.87. The van der Waals surface area contributed by atoms with Crippen molar-refractivity contribution in [3.05, 3.63) is 0 Å². The van der Waals surface area contributed by atoms with E-state index >= 15 is 0 Å². The first-order valence-electron chi connectivity index (χ1n) is 5.19. The van der Waals surface area contributed by atoms with Crippen molar-refractivity contribution in [1.82, 2.24) is 4.90 Å². The van der Waals surface area contributed by atoms with E-state index < -0.39 is 0 Å². The molecule has 0 radical (unpaired) electrons. The topological polar surface area (TPSA) is 20.3 Å². The van der Waals surface area contributed by atoms with E-state index in [4.69, 9.17) is 0 Å². The zero-order chi connectivity index (χ0) is 9.26. The molecule has 0 atom stereocenters. The van der Waals surface area contributed by atoms with Crippen molar-refractivity contribution < 1.29 is 4.79 Å². The monoisotopic (exact) mass is 245 g/mol. The Morgan fingerprint density at radius 1 is 1.31 bits per heavy atom. The molecule has 2 nitrogen and oxygen atoms in total. The molecule has 13 heavy (non-hydrogen) atoms. The van der Waals surface area contributed by atoms with E-state index in [1.807, 2.05) is 0 Å². The van der Waals surface area contributed by atoms with E-state index in [0.29, 0.717) is 17.9 Å². The molecule has 0 spiro atoms. The molecule has 0 aromatic heterocycles. The van der Waals surface area contributed by atoms with Gasteiger partial charge in [0.1, 0.15) is 0 Å². The minimum atomic E-state index is 0.389. The first-order valence-corrected chi connectivity index (χ1v) is 6.31. The van der Waals surface area contributed by atoms with Gasteiger partial charge in [0.25, 0.3) is 0 Å². The van der Waals surface area contributed by atoms with E-state index in [-0.39, 0.29) is 0 Å². The number of nitrogens with zero attached hydrogens (tertiary/aromatic N) is 1. The van der Waals surface area contributed by atoms with Crippen LogP contribution < -0.4 is 0 Å². The van der Waals surface area contributed by atoms with Gasteiger partial charge in [-0.25, -0.2) is 0 Å². The lowest BCUT2D eigenvalue weighted by Gasteiger charge is -2.37. The van der Waals surface area contributed by atoms with Crippen LogP contribution in [0, 0.1) is 5.92 Å². The molecular formula is C10H16BrNO. The summed E-state index contributed by atoms with van der Waals surface area (Å²) in [5, 5.41) is 0.919. The Morgan fingerprint density at radius 3 is 2.38 bits per heavy atom. The minimum Gasteiger partial charge on any atom is -0.339 e. The maximum Gasteiger partial charge on any atom is 0.225 e. The van der Waals surface area contributed by atoms with Gasteiger partial charge in [-0.05, 0) is 32.1 Å². The van der Waals surface area contributed by atoms with Gasteiger partial charge < -0.3 is 4.90 Å². The van der Waals surface area contributed by atoms with E-state index in [0.717, 1.165) is 24.7 Å². The van der Waals surface area contributed by atoms with Crippen LogP contribution in [-0.2, 0) is 4.79 Å². The average Bonchev–Trinajstić information content (AvgIpc) is 2.81. The fourth-order valence-corrected chi connectivity index (χ4v) is 2.21. The summed E-state index contributed by atoms with van der Waals surface area (Å²) in [6.07, 6.45) is 6.02. The predicted octanol–water partition coefficient (Wildman–Crippen LogP) is 2.17. The number of hydrogen-bond acceptors (Lipinski definition) is 1. The van der Waals surface area contributed by atoms with Gasteiger partial charge in [-0.1, -0.05) is 15.9 Å². The quantitative estimate of drug-likeness (QED) is 0.696. The smallest absolute Gasteiger partial charge is 0.225 e. The van der Waals surface area contributed by atoms with Crippen molar-refractivity contribution in [2.45, 2.75) is 38.1 Å². The summed E-state index contributed by atoms with van der Waals surface area (Å²) in [4.78, 5) is 13.9. The molecule has 2 saturated carbocycles. The minimum absolute atomic E-state index is 0.389. The second-order valence-electron chi connectivity index (χ2n) is 4.08. The molecule has 2 fully saturated rings. The number of carbonyl (C=O) groups excluding carboxylic acids is 1. The van der Waals surface area contributed by atoms with Gasteiger partial charge in [-0.15, -0.1) is 0 Å². The van der Waals surface area contributed by atoms with Crippen LogP contribution in [0.1, 0.15) is 32.1 Å². The fraction of sp³-hybridized carbons (Fsp3) is 0.900. The Hall–Kier alpha value is -0.0500. The largest absolute Gasteiger partial charge is 0.339 e. The first-order chi connectivity index (χ1) is 6.33. The van der Waals surface area contributed by atoms with Crippen LogP contribution in [0.3, 0.4) is 0 Å². The third kappa shape index (κ3) is 2.06. The summed E-state index contributed by atoms with van der Waals surface area (Å²) in [6.45, 7) is 0.903. The highest BCUT2D eigenvalue weighted by Crippen LogP contribution is 2.34. The van der Waals surface area contributed by atoms with Gasteiger partial charge in [0.2, 0.25) is 5.91 Å². The summed E-state index contributed by atoms with van der Waals surface area (Å²) in [6, 6.07) is 0.575. The molecule has 0 unspecified atom stereocenters. The van der Waals surface area contributed by atoms with Gasteiger partial charge in [0.15, 0.2) is 0 Å². The third-order valence-electron chi connectivity index (χ3n) is 3.05. The molecule has 3 heteroatoms. The average molecular weight is 246 g/mol. The highest BCUT2D eigenvalue weighted by atomic mass is 79.9. The Bertz CT molecular complexity index is 199. The molecule has 0 aromatic carbocycles.